The second-order valence-electron chi connectivity index (χ2n) is 7.88. The Morgan fingerprint density at radius 2 is 1.96 bits per heavy atom. The average molecular weight is 343 g/mol. The summed E-state index contributed by atoms with van der Waals surface area (Å²) in [6, 6.07) is 0.303. The fourth-order valence-electron chi connectivity index (χ4n) is 3.90. The maximum absolute atomic E-state index is 4.75. The SMILES string of the molecule is CC(C)c1n[nH]c([C@H]2CCCCN2Cc2nnc(C3CCC3)n2C)n1. The van der Waals surface area contributed by atoms with E-state index < -0.39 is 0 Å². The Hall–Kier alpha value is -1.76. The molecule has 1 N–H and O–H groups in total. The van der Waals surface area contributed by atoms with E-state index in [0.717, 1.165) is 42.8 Å². The number of rotatable bonds is 5. The summed E-state index contributed by atoms with van der Waals surface area (Å²) in [4.78, 5) is 7.24. The van der Waals surface area contributed by atoms with E-state index >= 15 is 0 Å². The van der Waals surface area contributed by atoms with E-state index in [2.05, 4.69) is 50.8 Å². The molecule has 2 aromatic rings. The summed E-state index contributed by atoms with van der Waals surface area (Å²) in [6.07, 6.45) is 7.44. The van der Waals surface area contributed by atoms with Crippen LogP contribution >= 0.6 is 0 Å². The molecule has 0 radical (unpaired) electrons. The molecule has 2 aliphatic rings. The topological polar surface area (TPSA) is 75.5 Å². The number of hydrogen-bond acceptors (Lipinski definition) is 5. The first kappa shape index (κ1) is 16.7. The van der Waals surface area contributed by atoms with Gasteiger partial charge in [0.2, 0.25) is 0 Å². The van der Waals surface area contributed by atoms with E-state index in [1.165, 1.54) is 32.1 Å². The van der Waals surface area contributed by atoms with Gasteiger partial charge in [-0.3, -0.25) is 10.00 Å². The van der Waals surface area contributed by atoms with Crippen LogP contribution in [0.25, 0.3) is 0 Å². The zero-order valence-electron chi connectivity index (χ0n) is 15.6. The van der Waals surface area contributed by atoms with Crippen molar-refractivity contribution in [2.24, 2.45) is 7.05 Å². The van der Waals surface area contributed by atoms with Crippen molar-refractivity contribution in [2.45, 2.75) is 76.8 Å². The third kappa shape index (κ3) is 3.21. The molecular formula is C18H29N7. The summed E-state index contributed by atoms with van der Waals surface area (Å²) in [5.41, 5.74) is 0. The first-order valence-corrected chi connectivity index (χ1v) is 9.68. The van der Waals surface area contributed by atoms with Gasteiger partial charge in [-0.2, -0.15) is 5.10 Å². The molecule has 1 aliphatic carbocycles. The number of aromatic nitrogens is 6. The summed E-state index contributed by atoms with van der Waals surface area (Å²) in [7, 11) is 2.12. The summed E-state index contributed by atoms with van der Waals surface area (Å²) < 4.78 is 2.22. The number of hydrogen-bond donors (Lipinski definition) is 1. The predicted molar refractivity (Wildman–Crippen MR) is 95.1 cm³/mol. The molecule has 1 saturated heterocycles. The highest BCUT2D eigenvalue weighted by Crippen LogP contribution is 2.36. The minimum absolute atomic E-state index is 0.303. The van der Waals surface area contributed by atoms with Crippen molar-refractivity contribution in [1.82, 2.24) is 34.8 Å². The van der Waals surface area contributed by atoms with E-state index in [0.29, 0.717) is 17.9 Å². The highest BCUT2D eigenvalue weighted by molar-refractivity contribution is 5.06. The number of piperidine rings is 1. The van der Waals surface area contributed by atoms with Crippen LogP contribution in [0.1, 0.15) is 93.5 Å². The lowest BCUT2D eigenvalue weighted by molar-refractivity contribution is 0.129. The van der Waals surface area contributed by atoms with Crippen LogP contribution in [0, 0.1) is 0 Å². The molecular weight excluding hydrogens is 314 g/mol. The van der Waals surface area contributed by atoms with Crippen LogP contribution in [0.5, 0.6) is 0 Å². The lowest BCUT2D eigenvalue weighted by atomic mass is 9.85. The summed E-state index contributed by atoms with van der Waals surface area (Å²) in [5.74, 6) is 5.11. The molecule has 1 aliphatic heterocycles. The van der Waals surface area contributed by atoms with Gasteiger partial charge in [0, 0.05) is 18.9 Å². The van der Waals surface area contributed by atoms with Gasteiger partial charge in [0.25, 0.3) is 0 Å². The van der Waals surface area contributed by atoms with Crippen molar-refractivity contribution in [3.05, 3.63) is 23.3 Å². The van der Waals surface area contributed by atoms with Gasteiger partial charge in [0.05, 0.1) is 12.6 Å². The van der Waals surface area contributed by atoms with Gasteiger partial charge in [-0.25, -0.2) is 4.98 Å². The van der Waals surface area contributed by atoms with Gasteiger partial charge >= 0.3 is 0 Å². The van der Waals surface area contributed by atoms with Crippen molar-refractivity contribution in [3.8, 4) is 0 Å². The van der Waals surface area contributed by atoms with Crippen LogP contribution in [0.3, 0.4) is 0 Å². The Balaban J connectivity index is 1.52. The molecule has 7 nitrogen and oxygen atoms in total. The maximum atomic E-state index is 4.75. The maximum Gasteiger partial charge on any atom is 0.153 e. The van der Waals surface area contributed by atoms with E-state index in [1.54, 1.807) is 0 Å². The van der Waals surface area contributed by atoms with Gasteiger partial charge < -0.3 is 4.57 Å². The molecule has 0 amide bonds. The molecule has 1 saturated carbocycles. The first-order valence-electron chi connectivity index (χ1n) is 9.68. The summed E-state index contributed by atoms with van der Waals surface area (Å²) in [5, 5.41) is 16.6. The van der Waals surface area contributed by atoms with Crippen LogP contribution in [0.2, 0.25) is 0 Å². The molecule has 4 rings (SSSR count). The number of H-pyrrole nitrogens is 1. The van der Waals surface area contributed by atoms with Crippen LogP contribution in [0.4, 0.5) is 0 Å². The smallest absolute Gasteiger partial charge is 0.153 e. The standard InChI is InChI=1S/C18H29N7/c1-12(2)16-19-17(22-21-16)14-9-4-5-10-25(14)11-15-20-23-18(24(15)3)13-7-6-8-13/h12-14H,4-11H2,1-3H3,(H,19,21,22)/t14-/m1/s1. The molecule has 7 heteroatoms. The van der Waals surface area contributed by atoms with Crippen molar-refractivity contribution >= 4 is 0 Å². The van der Waals surface area contributed by atoms with Gasteiger partial charge in [-0.1, -0.05) is 26.7 Å². The van der Waals surface area contributed by atoms with Crippen LogP contribution in [0.15, 0.2) is 0 Å². The molecule has 0 spiro atoms. The highest BCUT2D eigenvalue weighted by atomic mass is 15.3. The van der Waals surface area contributed by atoms with Crippen LogP contribution in [-0.2, 0) is 13.6 Å². The predicted octanol–water partition coefficient (Wildman–Crippen LogP) is 3.05. The quantitative estimate of drug-likeness (QED) is 0.903. The Kier molecular flexibility index (Phi) is 4.58. The Morgan fingerprint density at radius 1 is 1.12 bits per heavy atom. The number of nitrogens with one attached hydrogen (secondary N) is 1. The average Bonchev–Trinajstić information content (AvgIpc) is 3.17. The number of aromatic amines is 1. The Labute approximate surface area is 149 Å². The zero-order chi connectivity index (χ0) is 17.4. The molecule has 2 aromatic heterocycles. The summed E-state index contributed by atoms with van der Waals surface area (Å²) >= 11 is 0. The normalized spacial score (nSPS) is 22.5. The van der Waals surface area contributed by atoms with Crippen LogP contribution < -0.4 is 0 Å². The third-order valence-corrected chi connectivity index (χ3v) is 5.78. The summed E-state index contributed by atoms with van der Waals surface area (Å²) in [6.45, 7) is 6.17. The molecule has 0 bridgehead atoms. The number of likely N-dealkylation sites (tertiary alicyclic amines) is 1. The minimum atomic E-state index is 0.303. The van der Waals surface area contributed by atoms with Gasteiger partial charge in [-0.05, 0) is 32.2 Å². The van der Waals surface area contributed by atoms with Crippen molar-refractivity contribution in [3.63, 3.8) is 0 Å². The van der Waals surface area contributed by atoms with E-state index in [9.17, 15) is 0 Å². The monoisotopic (exact) mass is 343 g/mol. The minimum Gasteiger partial charge on any atom is -0.317 e. The van der Waals surface area contributed by atoms with Crippen molar-refractivity contribution < 1.29 is 0 Å². The second-order valence-corrected chi connectivity index (χ2v) is 7.88. The molecule has 0 unspecified atom stereocenters. The molecule has 3 heterocycles. The van der Waals surface area contributed by atoms with Gasteiger partial charge in [0.15, 0.2) is 5.82 Å². The fourth-order valence-corrected chi connectivity index (χ4v) is 3.90. The first-order chi connectivity index (χ1) is 12.1. The zero-order valence-corrected chi connectivity index (χ0v) is 15.6. The molecule has 1 atom stereocenters. The third-order valence-electron chi connectivity index (χ3n) is 5.78. The van der Waals surface area contributed by atoms with E-state index in [4.69, 9.17) is 4.98 Å². The highest BCUT2D eigenvalue weighted by Gasteiger charge is 2.30. The van der Waals surface area contributed by atoms with Crippen molar-refractivity contribution in [1.29, 1.82) is 0 Å². The fraction of sp³-hybridized carbons (Fsp3) is 0.778. The lowest BCUT2D eigenvalue weighted by Gasteiger charge is -2.33. The lowest BCUT2D eigenvalue weighted by Crippen LogP contribution is -2.34. The molecule has 2 fully saturated rings. The van der Waals surface area contributed by atoms with Gasteiger partial charge in [0.1, 0.15) is 17.5 Å². The van der Waals surface area contributed by atoms with Crippen LogP contribution in [-0.4, -0.2) is 41.4 Å². The van der Waals surface area contributed by atoms with E-state index in [-0.39, 0.29) is 0 Å². The van der Waals surface area contributed by atoms with Gasteiger partial charge in [-0.15, -0.1) is 10.2 Å². The molecule has 136 valence electrons. The Bertz CT molecular complexity index is 713. The van der Waals surface area contributed by atoms with E-state index in [1.807, 2.05) is 0 Å². The second kappa shape index (κ2) is 6.86. The molecule has 25 heavy (non-hydrogen) atoms. The van der Waals surface area contributed by atoms with Crippen molar-refractivity contribution in [2.75, 3.05) is 6.54 Å². The Morgan fingerprint density at radius 3 is 2.64 bits per heavy atom. The molecule has 0 aromatic carbocycles. The number of nitrogens with zero attached hydrogens (tertiary/aromatic N) is 6. The largest absolute Gasteiger partial charge is 0.317 e.